The van der Waals surface area contributed by atoms with Gasteiger partial charge in [0, 0.05) is 17.3 Å². The van der Waals surface area contributed by atoms with Crippen molar-refractivity contribution in [1.29, 1.82) is 0 Å². The normalized spacial score (nSPS) is 17.1. The molecule has 1 heterocycles. The van der Waals surface area contributed by atoms with Crippen LogP contribution in [0.2, 0.25) is 0 Å². The van der Waals surface area contributed by atoms with Gasteiger partial charge in [0.05, 0.1) is 5.52 Å². The molecule has 3 rings (SSSR count). The predicted octanol–water partition coefficient (Wildman–Crippen LogP) is 5.08. The molecule has 1 saturated carbocycles. The van der Waals surface area contributed by atoms with Crippen LogP contribution in [0, 0.1) is 0 Å². The van der Waals surface area contributed by atoms with Crippen molar-refractivity contribution in [1.82, 2.24) is 4.98 Å². The zero-order chi connectivity index (χ0) is 13.8. The molecule has 0 radical (unpaired) electrons. The zero-order valence-electron chi connectivity index (χ0n) is 11.6. The largest absolute Gasteiger partial charge is 0.474 e. The fourth-order valence-corrected chi connectivity index (χ4v) is 3.14. The molecule has 0 spiro atoms. The van der Waals surface area contributed by atoms with Gasteiger partial charge in [0.1, 0.15) is 6.10 Å². The fourth-order valence-electron chi connectivity index (χ4n) is 2.92. The van der Waals surface area contributed by atoms with Gasteiger partial charge in [0.25, 0.3) is 0 Å². The number of nitrogens with zero attached hydrogens (tertiary/aromatic N) is 1. The van der Waals surface area contributed by atoms with Crippen molar-refractivity contribution >= 4 is 22.5 Å². The zero-order valence-corrected chi connectivity index (χ0v) is 12.4. The number of ether oxygens (including phenoxy) is 1. The second-order valence-electron chi connectivity index (χ2n) is 5.50. The van der Waals surface area contributed by atoms with E-state index in [1.807, 2.05) is 24.3 Å². The van der Waals surface area contributed by atoms with E-state index in [9.17, 15) is 0 Å². The molecule has 2 aromatic rings. The van der Waals surface area contributed by atoms with Crippen LogP contribution in [0.1, 0.15) is 44.1 Å². The minimum Gasteiger partial charge on any atom is -0.474 e. The summed E-state index contributed by atoms with van der Waals surface area (Å²) in [6, 6.07) is 10.1. The molecule has 1 fully saturated rings. The summed E-state index contributed by atoms with van der Waals surface area (Å²) in [6.45, 7) is 0. The Bertz CT molecular complexity index is 576. The molecular weight excluding hydrogens is 270 g/mol. The molecule has 0 unspecified atom stereocenters. The van der Waals surface area contributed by atoms with Crippen LogP contribution in [0.3, 0.4) is 0 Å². The summed E-state index contributed by atoms with van der Waals surface area (Å²) in [4.78, 5) is 4.63. The molecule has 2 nitrogen and oxygen atoms in total. The third-order valence-electron chi connectivity index (χ3n) is 4.01. The number of benzene rings is 1. The highest BCUT2D eigenvalue weighted by Gasteiger charge is 2.15. The van der Waals surface area contributed by atoms with Gasteiger partial charge >= 0.3 is 0 Å². The van der Waals surface area contributed by atoms with Crippen LogP contribution in [0.5, 0.6) is 5.88 Å². The number of para-hydroxylation sites is 1. The molecule has 0 saturated heterocycles. The quantitative estimate of drug-likeness (QED) is 0.581. The van der Waals surface area contributed by atoms with Crippen molar-refractivity contribution in [3.63, 3.8) is 0 Å². The van der Waals surface area contributed by atoms with E-state index in [-0.39, 0.29) is 0 Å². The molecule has 0 aliphatic heterocycles. The van der Waals surface area contributed by atoms with Crippen LogP contribution < -0.4 is 4.74 Å². The van der Waals surface area contributed by atoms with E-state index < -0.39 is 0 Å². The number of fused-ring (bicyclic) bond motifs is 1. The van der Waals surface area contributed by atoms with E-state index in [1.54, 1.807) is 0 Å². The Labute approximate surface area is 125 Å². The Morgan fingerprint density at radius 2 is 1.85 bits per heavy atom. The van der Waals surface area contributed by atoms with Gasteiger partial charge in [-0.2, -0.15) is 0 Å². The van der Waals surface area contributed by atoms with E-state index in [0.717, 1.165) is 35.2 Å². The number of hydrogen-bond acceptors (Lipinski definition) is 2. The van der Waals surface area contributed by atoms with Crippen LogP contribution in [-0.2, 0) is 5.88 Å². The maximum Gasteiger partial charge on any atom is 0.214 e. The molecule has 0 atom stereocenters. The summed E-state index contributed by atoms with van der Waals surface area (Å²) in [5, 5.41) is 1.12. The lowest BCUT2D eigenvalue weighted by molar-refractivity contribution is 0.177. The molecule has 0 N–H and O–H groups in total. The predicted molar refractivity (Wildman–Crippen MR) is 83.4 cm³/mol. The highest BCUT2D eigenvalue weighted by molar-refractivity contribution is 6.18. The van der Waals surface area contributed by atoms with Gasteiger partial charge < -0.3 is 4.74 Å². The lowest BCUT2D eigenvalue weighted by atomic mass is 10.1. The summed E-state index contributed by atoms with van der Waals surface area (Å²) >= 11 is 6.06. The molecule has 0 bridgehead atoms. The molecule has 3 heteroatoms. The average Bonchev–Trinajstić information content (AvgIpc) is 2.75. The van der Waals surface area contributed by atoms with Crippen LogP contribution >= 0.6 is 11.6 Å². The van der Waals surface area contributed by atoms with E-state index in [4.69, 9.17) is 16.3 Å². The Kier molecular flexibility index (Phi) is 4.41. The average molecular weight is 290 g/mol. The number of pyridine rings is 1. The van der Waals surface area contributed by atoms with Gasteiger partial charge in [0.2, 0.25) is 5.88 Å². The highest BCUT2D eigenvalue weighted by atomic mass is 35.5. The van der Waals surface area contributed by atoms with Gasteiger partial charge in [0.15, 0.2) is 0 Å². The highest BCUT2D eigenvalue weighted by Crippen LogP contribution is 2.26. The van der Waals surface area contributed by atoms with E-state index in [2.05, 4.69) is 11.1 Å². The second-order valence-corrected chi connectivity index (χ2v) is 5.77. The van der Waals surface area contributed by atoms with E-state index in [1.165, 1.54) is 25.7 Å². The van der Waals surface area contributed by atoms with Crippen molar-refractivity contribution in [2.75, 3.05) is 0 Å². The number of alkyl halides is 1. The topological polar surface area (TPSA) is 22.1 Å². The number of aromatic nitrogens is 1. The lowest BCUT2D eigenvalue weighted by Crippen LogP contribution is -2.16. The lowest BCUT2D eigenvalue weighted by Gasteiger charge is -2.17. The van der Waals surface area contributed by atoms with Gasteiger partial charge in [-0.3, -0.25) is 0 Å². The van der Waals surface area contributed by atoms with E-state index >= 15 is 0 Å². The van der Waals surface area contributed by atoms with Crippen molar-refractivity contribution < 1.29 is 4.74 Å². The molecule has 0 amide bonds. The van der Waals surface area contributed by atoms with E-state index in [0.29, 0.717) is 12.0 Å². The number of halogens is 1. The maximum absolute atomic E-state index is 6.12. The van der Waals surface area contributed by atoms with Crippen LogP contribution in [0.15, 0.2) is 30.3 Å². The molecule has 1 aliphatic rings. The number of hydrogen-bond donors (Lipinski definition) is 0. The van der Waals surface area contributed by atoms with Crippen molar-refractivity contribution in [2.45, 2.75) is 50.5 Å². The standard InChI is InChI=1S/C17H20ClNO/c18-12-13-11-17(19-16-10-6-5-9-15(13)16)20-14-7-3-1-2-4-8-14/h5-6,9-11,14H,1-4,7-8,12H2. The number of rotatable bonds is 3. The fraction of sp³-hybridized carbons (Fsp3) is 0.471. The Morgan fingerprint density at radius 3 is 2.60 bits per heavy atom. The summed E-state index contributed by atoms with van der Waals surface area (Å²) in [5.41, 5.74) is 2.06. The van der Waals surface area contributed by atoms with Gasteiger partial charge in [-0.25, -0.2) is 4.98 Å². The van der Waals surface area contributed by atoms with Crippen LogP contribution in [0.25, 0.3) is 10.9 Å². The van der Waals surface area contributed by atoms with Gasteiger partial charge in [-0.05, 0) is 37.3 Å². The Morgan fingerprint density at radius 1 is 1.10 bits per heavy atom. The van der Waals surface area contributed by atoms with Crippen molar-refractivity contribution in [3.8, 4) is 5.88 Å². The summed E-state index contributed by atoms with van der Waals surface area (Å²) in [6.07, 6.45) is 7.79. The molecule has 1 aromatic carbocycles. The summed E-state index contributed by atoms with van der Waals surface area (Å²) in [7, 11) is 0. The minimum atomic E-state index is 0.314. The molecule has 1 aromatic heterocycles. The SMILES string of the molecule is ClCc1cc(OC2CCCCCC2)nc2ccccc12. The van der Waals surface area contributed by atoms with Crippen LogP contribution in [0.4, 0.5) is 0 Å². The summed E-state index contributed by atoms with van der Waals surface area (Å²) < 4.78 is 6.12. The molecule has 106 valence electrons. The second kappa shape index (κ2) is 6.45. The smallest absolute Gasteiger partial charge is 0.214 e. The first-order valence-electron chi connectivity index (χ1n) is 7.48. The van der Waals surface area contributed by atoms with Gasteiger partial charge in [-0.15, -0.1) is 11.6 Å². The Hall–Kier alpha value is -1.28. The maximum atomic E-state index is 6.12. The first kappa shape index (κ1) is 13.7. The van der Waals surface area contributed by atoms with Gasteiger partial charge in [-0.1, -0.05) is 31.0 Å². The molecular formula is C17H20ClNO. The first-order chi connectivity index (χ1) is 9.86. The third-order valence-corrected chi connectivity index (χ3v) is 4.30. The first-order valence-corrected chi connectivity index (χ1v) is 8.01. The third kappa shape index (κ3) is 3.06. The summed E-state index contributed by atoms with van der Waals surface area (Å²) in [5.74, 6) is 1.22. The van der Waals surface area contributed by atoms with Crippen molar-refractivity contribution in [3.05, 3.63) is 35.9 Å². The molecule has 1 aliphatic carbocycles. The monoisotopic (exact) mass is 289 g/mol. The van der Waals surface area contributed by atoms with Crippen LogP contribution in [-0.4, -0.2) is 11.1 Å². The van der Waals surface area contributed by atoms with Crippen molar-refractivity contribution in [2.24, 2.45) is 0 Å². The Balaban J connectivity index is 1.87. The molecule has 20 heavy (non-hydrogen) atoms. The minimum absolute atomic E-state index is 0.314.